The fraction of sp³-hybridized carbons (Fsp3) is 0.300. The Kier molecular flexibility index (Phi) is 5.64. The molecule has 2 heterocycles. The third-order valence-electron chi connectivity index (χ3n) is 4.70. The summed E-state index contributed by atoms with van der Waals surface area (Å²) in [7, 11) is -3.72. The van der Waals surface area contributed by atoms with Crippen molar-refractivity contribution in [3.63, 3.8) is 0 Å². The van der Waals surface area contributed by atoms with E-state index in [1.807, 2.05) is 25.1 Å². The summed E-state index contributed by atoms with van der Waals surface area (Å²) in [6.07, 6.45) is 1.68. The number of sulfonamides is 1. The van der Waals surface area contributed by atoms with Crippen LogP contribution < -0.4 is 10.0 Å². The third kappa shape index (κ3) is 4.64. The number of aromatic nitrogens is 1. The molecule has 0 spiro atoms. The maximum Gasteiger partial charge on any atom is 0.257 e. The minimum absolute atomic E-state index is 0.0445. The lowest BCUT2D eigenvalue weighted by Crippen LogP contribution is -2.32. The first-order valence-corrected chi connectivity index (χ1v) is 11.6. The molecule has 1 aliphatic heterocycles. The number of hydrogen-bond donors (Lipinski definition) is 2. The van der Waals surface area contributed by atoms with Crippen LogP contribution in [-0.2, 0) is 14.8 Å². The molecular formula is C20H21N3O4S2. The zero-order valence-corrected chi connectivity index (χ0v) is 17.5. The molecule has 0 unspecified atom stereocenters. The average Bonchev–Trinajstić information content (AvgIpc) is 3.35. The van der Waals surface area contributed by atoms with Crippen molar-refractivity contribution >= 4 is 42.6 Å². The van der Waals surface area contributed by atoms with Crippen molar-refractivity contribution in [1.82, 2.24) is 9.71 Å². The van der Waals surface area contributed by atoms with Gasteiger partial charge < -0.3 is 4.74 Å². The predicted octanol–water partition coefficient (Wildman–Crippen LogP) is 3.31. The van der Waals surface area contributed by atoms with Crippen molar-refractivity contribution in [3.8, 4) is 0 Å². The highest BCUT2D eigenvalue weighted by Crippen LogP contribution is 2.27. The predicted molar refractivity (Wildman–Crippen MR) is 113 cm³/mol. The topological polar surface area (TPSA) is 97.4 Å². The summed E-state index contributed by atoms with van der Waals surface area (Å²) in [5.74, 6) is -0.406. The van der Waals surface area contributed by atoms with E-state index in [2.05, 4.69) is 15.0 Å². The number of carbonyl (C=O) groups is 1. The van der Waals surface area contributed by atoms with Crippen LogP contribution in [-0.4, -0.2) is 38.6 Å². The number of aryl methyl sites for hydroxylation is 1. The summed E-state index contributed by atoms with van der Waals surface area (Å²) in [6, 6.07) is 11.8. The number of fused-ring (bicyclic) bond motifs is 1. The standard InChI is InChI=1S/C20H21N3O4S2/c1-13-7-8-17-18(10-13)28-20(22-17)23-19(24)14-4-2-6-16(11-14)29(25,26)21-12-15-5-3-9-27-15/h2,4,6-8,10-11,15,21H,3,5,9,12H2,1H3,(H,22,23,24)/t15-/m1/s1. The molecule has 9 heteroatoms. The number of rotatable bonds is 6. The van der Waals surface area contributed by atoms with Crippen LogP contribution in [0.15, 0.2) is 47.4 Å². The second-order valence-electron chi connectivity index (χ2n) is 6.96. The highest BCUT2D eigenvalue weighted by Gasteiger charge is 2.21. The zero-order chi connectivity index (χ0) is 20.4. The normalized spacial score (nSPS) is 16.9. The van der Waals surface area contributed by atoms with Crippen molar-refractivity contribution in [2.75, 3.05) is 18.5 Å². The Labute approximate surface area is 173 Å². The van der Waals surface area contributed by atoms with Crippen LogP contribution in [0.2, 0.25) is 0 Å². The van der Waals surface area contributed by atoms with Crippen molar-refractivity contribution in [3.05, 3.63) is 53.6 Å². The summed E-state index contributed by atoms with van der Waals surface area (Å²) in [4.78, 5) is 17.1. The van der Waals surface area contributed by atoms with E-state index in [9.17, 15) is 13.2 Å². The zero-order valence-electron chi connectivity index (χ0n) is 15.8. The van der Waals surface area contributed by atoms with Crippen LogP contribution >= 0.6 is 11.3 Å². The van der Waals surface area contributed by atoms with Gasteiger partial charge in [0.2, 0.25) is 10.0 Å². The number of hydrogen-bond acceptors (Lipinski definition) is 6. The molecule has 0 radical (unpaired) electrons. The molecule has 1 atom stereocenters. The van der Waals surface area contributed by atoms with Gasteiger partial charge in [-0.3, -0.25) is 10.1 Å². The Hall–Kier alpha value is -2.33. The van der Waals surface area contributed by atoms with E-state index in [0.717, 1.165) is 28.6 Å². The summed E-state index contributed by atoms with van der Waals surface area (Å²) in [5.41, 5.74) is 2.18. The fourth-order valence-corrected chi connectivity index (χ4v) is 5.22. The van der Waals surface area contributed by atoms with Gasteiger partial charge in [0.1, 0.15) is 0 Å². The Bertz CT molecular complexity index is 1150. The Morgan fingerprint density at radius 2 is 2.14 bits per heavy atom. The molecule has 7 nitrogen and oxygen atoms in total. The van der Waals surface area contributed by atoms with Gasteiger partial charge in [0, 0.05) is 18.7 Å². The van der Waals surface area contributed by atoms with Crippen LogP contribution in [0.3, 0.4) is 0 Å². The van der Waals surface area contributed by atoms with E-state index in [-0.39, 0.29) is 23.1 Å². The lowest BCUT2D eigenvalue weighted by Gasteiger charge is -2.12. The van der Waals surface area contributed by atoms with Crippen molar-refractivity contribution in [2.24, 2.45) is 0 Å². The van der Waals surface area contributed by atoms with Crippen molar-refractivity contribution in [1.29, 1.82) is 0 Å². The van der Waals surface area contributed by atoms with E-state index in [4.69, 9.17) is 4.74 Å². The Morgan fingerprint density at radius 1 is 1.28 bits per heavy atom. The van der Waals surface area contributed by atoms with Gasteiger partial charge in [-0.25, -0.2) is 18.1 Å². The molecule has 152 valence electrons. The summed E-state index contributed by atoms with van der Waals surface area (Å²) in [6.45, 7) is 2.88. The number of carbonyl (C=O) groups excluding carboxylic acids is 1. The smallest absolute Gasteiger partial charge is 0.257 e. The molecule has 4 rings (SSSR count). The van der Waals surface area contributed by atoms with E-state index < -0.39 is 15.9 Å². The third-order valence-corrected chi connectivity index (χ3v) is 7.05. The molecule has 0 saturated carbocycles. The summed E-state index contributed by atoms with van der Waals surface area (Å²) >= 11 is 1.38. The number of amides is 1. The monoisotopic (exact) mass is 431 g/mol. The van der Waals surface area contributed by atoms with Crippen LogP contribution in [0.5, 0.6) is 0 Å². The minimum atomic E-state index is -3.72. The van der Waals surface area contributed by atoms with Crippen LogP contribution in [0.4, 0.5) is 5.13 Å². The number of benzene rings is 2. The average molecular weight is 432 g/mol. The van der Waals surface area contributed by atoms with Gasteiger partial charge in [-0.1, -0.05) is 23.5 Å². The maximum atomic E-state index is 12.6. The van der Waals surface area contributed by atoms with Crippen molar-refractivity contribution < 1.29 is 17.9 Å². The molecule has 3 aromatic rings. The first-order valence-electron chi connectivity index (χ1n) is 9.30. The molecule has 2 aromatic carbocycles. The van der Waals surface area contributed by atoms with Gasteiger partial charge >= 0.3 is 0 Å². The molecule has 29 heavy (non-hydrogen) atoms. The van der Waals surface area contributed by atoms with Gasteiger partial charge in [-0.15, -0.1) is 0 Å². The molecule has 1 saturated heterocycles. The van der Waals surface area contributed by atoms with Crippen LogP contribution in [0.25, 0.3) is 10.2 Å². The largest absolute Gasteiger partial charge is 0.377 e. The lowest BCUT2D eigenvalue weighted by atomic mass is 10.2. The number of anilines is 1. The van der Waals surface area contributed by atoms with Crippen LogP contribution in [0, 0.1) is 6.92 Å². The number of thiazole rings is 1. The Balaban J connectivity index is 1.48. The minimum Gasteiger partial charge on any atom is -0.377 e. The van der Waals surface area contributed by atoms with E-state index in [1.54, 1.807) is 12.1 Å². The molecule has 1 aliphatic rings. The second-order valence-corrected chi connectivity index (χ2v) is 9.76. The fourth-order valence-electron chi connectivity index (χ4n) is 3.15. The van der Waals surface area contributed by atoms with Gasteiger partial charge in [0.05, 0.1) is 21.2 Å². The Morgan fingerprint density at radius 3 is 2.93 bits per heavy atom. The van der Waals surface area contributed by atoms with E-state index >= 15 is 0 Å². The number of nitrogens with one attached hydrogen (secondary N) is 2. The number of nitrogens with zero attached hydrogens (tertiary/aromatic N) is 1. The van der Waals surface area contributed by atoms with Gasteiger partial charge in [0.25, 0.3) is 5.91 Å². The highest BCUT2D eigenvalue weighted by molar-refractivity contribution is 7.89. The molecular weight excluding hydrogens is 410 g/mol. The lowest BCUT2D eigenvalue weighted by molar-refractivity contribution is 0.102. The van der Waals surface area contributed by atoms with Gasteiger partial charge in [-0.05, 0) is 55.7 Å². The quantitative estimate of drug-likeness (QED) is 0.624. The molecule has 1 amide bonds. The van der Waals surface area contributed by atoms with Crippen LogP contribution in [0.1, 0.15) is 28.8 Å². The van der Waals surface area contributed by atoms with Gasteiger partial charge in [0.15, 0.2) is 5.13 Å². The molecule has 0 aliphatic carbocycles. The first kappa shape index (κ1) is 20.0. The first-order chi connectivity index (χ1) is 13.9. The van der Waals surface area contributed by atoms with Gasteiger partial charge in [-0.2, -0.15) is 0 Å². The SMILES string of the molecule is Cc1ccc2nc(NC(=O)c3cccc(S(=O)(=O)NC[C@H]4CCCO4)c3)sc2c1. The highest BCUT2D eigenvalue weighted by atomic mass is 32.2. The summed E-state index contributed by atoms with van der Waals surface area (Å²) < 4.78 is 34.1. The van der Waals surface area contributed by atoms with E-state index in [0.29, 0.717) is 11.7 Å². The molecule has 1 fully saturated rings. The summed E-state index contributed by atoms with van der Waals surface area (Å²) in [5, 5.41) is 3.23. The maximum absolute atomic E-state index is 12.6. The van der Waals surface area contributed by atoms with E-state index in [1.165, 1.54) is 23.5 Å². The molecule has 1 aromatic heterocycles. The number of ether oxygens (including phenoxy) is 1. The van der Waals surface area contributed by atoms with Crippen molar-refractivity contribution in [2.45, 2.75) is 30.8 Å². The second kappa shape index (κ2) is 8.19. The molecule has 0 bridgehead atoms. The molecule has 2 N–H and O–H groups in total.